The lowest BCUT2D eigenvalue weighted by Gasteiger charge is -2.06. The fraction of sp³-hybridized carbons (Fsp3) is 0.0667. The third-order valence-corrected chi connectivity index (χ3v) is 5.84. The maximum absolute atomic E-state index is 12.0. The number of carbonyl (C=O) groups is 1. The van der Waals surface area contributed by atoms with Crippen molar-refractivity contribution in [2.75, 3.05) is 11.1 Å². The minimum absolute atomic E-state index is 0.170. The summed E-state index contributed by atoms with van der Waals surface area (Å²) in [6.45, 7) is 0. The summed E-state index contributed by atoms with van der Waals surface area (Å²) in [6, 6.07) is 10.5. The molecule has 0 aliphatic heterocycles. The number of halogens is 3. The highest BCUT2D eigenvalue weighted by Crippen LogP contribution is 2.31. The predicted molar refractivity (Wildman–Crippen MR) is 100 cm³/mol. The summed E-state index contributed by atoms with van der Waals surface area (Å²) in [5.41, 5.74) is 1.34. The standard InChI is InChI=1S/C15H9Cl3N2OS2/c16-8-1-3-10(18)11(5-8)19-14(21)7-22-15-20-12-6-9(17)2-4-13(12)23-15/h1-6H,7H2,(H,19,21). The normalized spacial score (nSPS) is 10.9. The van der Waals surface area contributed by atoms with E-state index in [4.69, 9.17) is 34.8 Å². The first-order valence-electron chi connectivity index (χ1n) is 6.45. The predicted octanol–water partition coefficient (Wildman–Crippen LogP) is 5.99. The van der Waals surface area contributed by atoms with Crippen molar-refractivity contribution in [2.24, 2.45) is 0 Å². The molecule has 0 fully saturated rings. The van der Waals surface area contributed by atoms with Crippen LogP contribution in [0.15, 0.2) is 40.7 Å². The van der Waals surface area contributed by atoms with Crippen LogP contribution in [0.2, 0.25) is 15.1 Å². The van der Waals surface area contributed by atoms with Gasteiger partial charge in [-0.15, -0.1) is 11.3 Å². The average molecular weight is 404 g/mol. The van der Waals surface area contributed by atoms with E-state index in [0.717, 1.165) is 14.6 Å². The van der Waals surface area contributed by atoms with E-state index >= 15 is 0 Å². The number of nitrogens with one attached hydrogen (secondary N) is 1. The molecule has 0 saturated carbocycles. The number of aromatic nitrogens is 1. The highest BCUT2D eigenvalue weighted by Gasteiger charge is 2.10. The molecule has 8 heteroatoms. The van der Waals surface area contributed by atoms with Crippen LogP contribution in [0.25, 0.3) is 10.2 Å². The van der Waals surface area contributed by atoms with E-state index in [1.807, 2.05) is 18.2 Å². The molecule has 0 aliphatic rings. The van der Waals surface area contributed by atoms with Gasteiger partial charge in [-0.05, 0) is 36.4 Å². The Labute approximate surface area is 156 Å². The number of thiazole rings is 1. The SMILES string of the molecule is O=C(CSc1nc2cc(Cl)ccc2s1)Nc1cc(Cl)ccc1Cl. The Bertz CT molecular complexity index is 882. The quantitative estimate of drug-likeness (QED) is 0.544. The first kappa shape index (κ1) is 16.9. The molecule has 1 N–H and O–H groups in total. The summed E-state index contributed by atoms with van der Waals surface area (Å²) >= 11 is 20.8. The molecule has 3 nitrogen and oxygen atoms in total. The fourth-order valence-electron chi connectivity index (χ4n) is 1.85. The van der Waals surface area contributed by atoms with Crippen molar-refractivity contribution in [2.45, 2.75) is 4.34 Å². The molecule has 1 aromatic heterocycles. The number of thioether (sulfide) groups is 1. The van der Waals surface area contributed by atoms with Gasteiger partial charge in [-0.2, -0.15) is 0 Å². The molecule has 3 aromatic rings. The molecular weight excluding hydrogens is 395 g/mol. The lowest BCUT2D eigenvalue weighted by molar-refractivity contribution is -0.113. The molecule has 0 unspecified atom stereocenters. The molecule has 1 heterocycles. The number of hydrogen-bond donors (Lipinski definition) is 1. The van der Waals surface area contributed by atoms with Crippen LogP contribution in [0.5, 0.6) is 0 Å². The number of fused-ring (bicyclic) bond motifs is 1. The van der Waals surface area contributed by atoms with Crippen LogP contribution in [0.3, 0.4) is 0 Å². The second-order valence-electron chi connectivity index (χ2n) is 4.55. The van der Waals surface area contributed by atoms with Gasteiger partial charge in [0.25, 0.3) is 0 Å². The third kappa shape index (κ3) is 4.31. The van der Waals surface area contributed by atoms with Crippen LogP contribution < -0.4 is 5.32 Å². The molecule has 23 heavy (non-hydrogen) atoms. The molecule has 118 valence electrons. The largest absolute Gasteiger partial charge is 0.324 e. The zero-order chi connectivity index (χ0) is 16.4. The van der Waals surface area contributed by atoms with Crippen LogP contribution in [-0.2, 0) is 4.79 Å². The number of carbonyl (C=O) groups excluding carboxylic acids is 1. The molecule has 2 aromatic carbocycles. The minimum atomic E-state index is -0.170. The van der Waals surface area contributed by atoms with Gasteiger partial charge < -0.3 is 5.32 Å². The summed E-state index contributed by atoms with van der Waals surface area (Å²) < 4.78 is 1.85. The molecule has 0 radical (unpaired) electrons. The van der Waals surface area contributed by atoms with Crippen molar-refractivity contribution < 1.29 is 4.79 Å². The second-order valence-corrected chi connectivity index (χ2v) is 8.09. The van der Waals surface area contributed by atoms with Gasteiger partial charge in [0.2, 0.25) is 5.91 Å². The zero-order valence-electron chi connectivity index (χ0n) is 11.5. The number of amides is 1. The van der Waals surface area contributed by atoms with E-state index in [9.17, 15) is 4.79 Å². The van der Waals surface area contributed by atoms with Gasteiger partial charge in [-0.3, -0.25) is 4.79 Å². The Morgan fingerprint density at radius 1 is 1.13 bits per heavy atom. The van der Waals surface area contributed by atoms with E-state index < -0.39 is 0 Å². The van der Waals surface area contributed by atoms with Gasteiger partial charge in [0.05, 0.1) is 26.7 Å². The van der Waals surface area contributed by atoms with Gasteiger partial charge in [-0.25, -0.2) is 4.98 Å². The number of benzene rings is 2. The molecule has 3 rings (SSSR count). The van der Waals surface area contributed by atoms with E-state index in [0.29, 0.717) is 20.8 Å². The number of rotatable bonds is 4. The average Bonchev–Trinajstić information content (AvgIpc) is 2.91. The zero-order valence-corrected chi connectivity index (χ0v) is 15.4. The van der Waals surface area contributed by atoms with E-state index in [-0.39, 0.29) is 11.7 Å². The monoisotopic (exact) mass is 402 g/mol. The third-order valence-electron chi connectivity index (χ3n) is 2.86. The lowest BCUT2D eigenvalue weighted by atomic mass is 10.3. The number of hydrogen-bond acceptors (Lipinski definition) is 4. The van der Waals surface area contributed by atoms with E-state index in [2.05, 4.69) is 10.3 Å². The van der Waals surface area contributed by atoms with Crippen molar-refractivity contribution in [3.63, 3.8) is 0 Å². The van der Waals surface area contributed by atoms with Crippen LogP contribution in [0.4, 0.5) is 5.69 Å². The van der Waals surface area contributed by atoms with Gasteiger partial charge >= 0.3 is 0 Å². The molecule has 0 saturated heterocycles. The van der Waals surface area contributed by atoms with Gasteiger partial charge in [-0.1, -0.05) is 46.6 Å². The maximum Gasteiger partial charge on any atom is 0.234 e. The number of nitrogens with zero attached hydrogens (tertiary/aromatic N) is 1. The molecule has 0 aliphatic carbocycles. The summed E-state index contributed by atoms with van der Waals surface area (Å²) in [6.07, 6.45) is 0. The van der Waals surface area contributed by atoms with Crippen LogP contribution in [-0.4, -0.2) is 16.6 Å². The van der Waals surface area contributed by atoms with Crippen molar-refractivity contribution in [1.29, 1.82) is 0 Å². The molecule has 1 amide bonds. The molecule has 0 spiro atoms. The highest BCUT2D eigenvalue weighted by atomic mass is 35.5. The Morgan fingerprint density at radius 3 is 2.70 bits per heavy atom. The van der Waals surface area contributed by atoms with Crippen LogP contribution in [0, 0.1) is 0 Å². The van der Waals surface area contributed by atoms with E-state index in [1.54, 1.807) is 18.2 Å². The Balaban J connectivity index is 1.64. The van der Waals surface area contributed by atoms with Crippen LogP contribution >= 0.6 is 57.9 Å². The highest BCUT2D eigenvalue weighted by molar-refractivity contribution is 8.01. The Kier molecular flexibility index (Phi) is 5.34. The Hall–Kier alpha value is -0.980. The summed E-state index contributed by atoms with van der Waals surface area (Å²) in [7, 11) is 0. The molecule has 0 atom stereocenters. The second kappa shape index (κ2) is 7.28. The van der Waals surface area contributed by atoms with Crippen molar-refractivity contribution >= 4 is 79.7 Å². The Morgan fingerprint density at radius 2 is 1.87 bits per heavy atom. The van der Waals surface area contributed by atoms with Crippen molar-refractivity contribution in [3.8, 4) is 0 Å². The minimum Gasteiger partial charge on any atom is -0.324 e. The van der Waals surface area contributed by atoms with Crippen molar-refractivity contribution in [1.82, 2.24) is 4.98 Å². The smallest absolute Gasteiger partial charge is 0.234 e. The number of anilines is 1. The summed E-state index contributed by atoms with van der Waals surface area (Å²) in [5, 5.41) is 4.35. The topological polar surface area (TPSA) is 42.0 Å². The lowest BCUT2D eigenvalue weighted by Crippen LogP contribution is -2.14. The van der Waals surface area contributed by atoms with Crippen LogP contribution in [0.1, 0.15) is 0 Å². The molecule has 0 bridgehead atoms. The first-order valence-corrected chi connectivity index (χ1v) is 9.38. The summed E-state index contributed by atoms with van der Waals surface area (Å²) in [4.78, 5) is 16.5. The maximum atomic E-state index is 12.0. The van der Waals surface area contributed by atoms with Gasteiger partial charge in [0.15, 0.2) is 4.34 Å². The van der Waals surface area contributed by atoms with Crippen molar-refractivity contribution in [3.05, 3.63) is 51.5 Å². The van der Waals surface area contributed by atoms with Gasteiger partial charge in [0.1, 0.15) is 0 Å². The summed E-state index contributed by atoms with van der Waals surface area (Å²) in [5.74, 6) is 0.0626. The first-order chi connectivity index (χ1) is 11.0. The van der Waals surface area contributed by atoms with Gasteiger partial charge in [0, 0.05) is 10.0 Å². The fourth-order valence-corrected chi connectivity index (χ4v) is 4.20. The molecular formula is C15H9Cl3N2OS2. The van der Waals surface area contributed by atoms with E-state index in [1.165, 1.54) is 23.1 Å².